The molecule has 1 aromatic rings. The van der Waals surface area contributed by atoms with Gasteiger partial charge in [-0.3, -0.25) is 10.1 Å². The highest BCUT2D eigenvalue weighted by atomic mass is 16.6. The summed E-state index contributed by atoms with van der Waals surface area (Å²) in [6.07, 6.45) is 0. The second-order valence-electron chi connectivity index (χ2n) is 3.68. The van der Waals surface area contributed by atoms with Gasteiger partial charge in [0.1, 0.15) is 11.7 Å². The van der Waals surface area contributed by atoms with Gasteiger partial charge in [-0.2, -0.15) is 0 Å². The fourth-order valence-corrected chi connectivity index (χ4v) is 1.43. The van der Waals surface area contributed by atoms with Gasteiger partial charge in [0.15, 0.2) is 0 Å². The Morgan fingerprint density at radius 1 is 1.61 bits per heavy atom. The molecule has 0 aliphatic heterocycles. The molecule has 0 saturated carbocycles. The normalized spacial score (nSPS) is 11.7. The van der Waals surface area contributed by atoms with Gasteiger partial charge in [0.2, 0.25) is 0 Å². The molecule has 0 aromatic heterocycles. The van der Waals surface area contributed by atoms with Gasteiger partial charge < -0.3 is 15.2 Å². The first-order chi connectivity index (χ1) is 8.49. The monoisotopic (exact) mass is 254 g/mol. The topological polar surface area (TPSA) is 102 Å². The fourth-order valence-electron chi connectivity index (χ4n) is 1.43. The van der Waals surface area contributed by atoms with Crippen molar-refractivity contribution < 1.29 is 19.6 Å². The molecule has 7 heteroatoms. The van der Waals surface area contributed by atoms with Crippen LogP contribution in [0.15, 0.2) is 18.2 Å². The van der Waals surface area contributed by atoms with Crippen LogP contribution in [0.2, 0.25) is 0 Å². The Kier molecular flexibility index (Phi) is 4.61. The van der Waals surface area contributed by atoms with E-state index < -0.39 is 23.5 Å². The van der Waals surface area contributed by atoms with Gasteiger partial charge in [-0.15, -0.1) is 0 Å². The molecule has 1 atom stereocenters. The van der Waals surface area contributed by atoms with Gasteiger partial charge in [0.25, 0.3) is 5.69 Å². The molecule has 0 heterocycles. The lowest BCUT2D eigenvalue weighted by molar-refractivity contribution is -0.384. The van der Waals surface area contributed by atoms with Crippen molar-refractivity contribution in [2.24, 2.45) is 0 Å². The van der Waals surface area contributed by atoms with E-state index in [-0.39, 0.29) is 11.4 Å². The van der Waals surface area contributed by atoms with Gasteiger partial charge in [0, 0.05) is 6.07 Å². The molecule has 1 aromatic carbocycles. The molecular weight excluding hydrogens is 240 g/mol. The maximum atomic E-state index is 11.3. The number of nitrogens with zero attached hydrogens (tertiary/aromatic N) is 1. The molecule has 98 valence electrons. The second kappa shape index (κ2) is 5.97. The lowest BCUT2D eigenvalue weighted by Gasteiger charge is -2.15. The van der Waals surface area contributed by atoms with Crippen LogP contribution in [-0.2, 0) is 9.53 Å². The van der Waals surface area contributed by atoms with Crippen molar-refractivity contribution in [3.63, 3.8) is 0 Å². The zero-order chi connectivity index (χ0) is 13.7. The maximum absolute atomic E-state index is 11.3. The third-order valence-electron chi connectivity index (χ3n) is 2.35. The van der Waals surface area contributed by atoms with Crippen molar-refractivity contribution in [1.82, 2.24) is 0 Å². The number of nitrogens with one attached hydrogen (secondary N) is 1. The molecule has 0 spiro atoms. The van der Waals surface area contributed by atoms with Crippen LogP contribution in [0.3, 0.4) is 0 Å². The highest BCUT2D eigenvalue weighted by Crippen LogP contribution is 2.25. The van der Waals surface area contributed by atoms with Crippen LogP contribution in [0.25, 0.3) is 0 Å². The smallest absolute Gasteiger partial charge is 0.330 e. The van der Waals surface area contributed by atoms with Crippen molar-refractivity contribution in [3.8, 4) is 0 Å². The van der Waals surface area contributed by atoms with Crippen molar-refractivity contribution in [3.05, 3.63) is 33.9 Å². The molecule has 0 fully saturated rings. The van der Waals surface area contributed by atoms with Gasteiger partial charge in [-0.1, -0.05) is 6.07 Å². The van der Waals surface area contributed by atoms with E-state index >= 15 is 0 Å². The van der Waals surface area contributed by atoms with Crippen LogP contribution >= 0.6 is 0 Å². The summed E-state index contributed by atoms with van der Waals surface area (Å²) in [6, 6.07) is 3.43. The number of nitro benzene ring substituents is 1. The van der Waals surface area contributed by atoms with E-state index in [1.165, 1.54) is 19.2 Å². The van der Waals surface area contributed by atoms with Crippen molar-refractivity contribution in [1.29, 1.82) is 0 Å². The standard InChI is InChI=1S/C11H14N2O5/c1-7-3-4-10(13(16)17)8(5-7)12-9(6-14)11(15)18-2/h3-5,9,12,14H,6H2,1-2H3. The van der Waals surface area contributed by atoms with Crippen molar-refractivity contribution in [2.45, 2.75) is 13.0 Å². The molecule has 0 amide bonds. The summed E-state index contributed by atoms with van der Waals surface area (Å²) >= 11 is 0. The summed E-state index contributed by atoms with van der Waals surface area (Å²) in [5, 5.41) is 22.5. The molecule has 0 radical (unpaired) electrons. The number of ether oxygens (including phenoxy) is 1. The quantitative estimate of drug-likeness (QED) is 0.459. The Morgan fingerprint density at radius 3 is 2.78 bits per heavy atom. The molecule has 2 N–H and O–H groups in total. The molecule has 1 rings (SSSR count). The van der Waals surface area contributed by atoms with Crippen LogP contribution < -0.4 is 5.32 Å². The van der Waals surface area contributed by atoms with Crippen LogP contribution in [0.1, 0.15) is 5.56 Å². The number of aliphatic hydroxyl groups is 1. The van der Waals surface area contributed by atoms with Gasteiger partial charge in [0.05, 0.1) is 18.6 Å². The van der Waals surface area contributed by atoms with Crippen LogP contribution in [0.4, 0.5) is 11.4 Å². The van der Waals surface area contributed by atoms with Crippen LogP contribution in [0, 0.1) is 17.0 Å². The molecule has 7 nitrogen and oxygen atoms in total. The summed E-state index contributed by atoms with van der Waals surface area (Å²) in [5.74, 6) is -0.687. The Labute approximate surface area is 104 Å². The number of methoxy groups -OCH3 is 1. The zero-order valence-corrected chi connectivity index (χ0v) is 10.0. The van der Waals surface area contributed by atoms with E-state index in [4.69, 9.17) is 5.11 Å². The highest BCUT2D eigenvalue weighted by molar-refractivity contribution is 5.80. The van der Waals surface area contributed by atoms with Crippen LogP contribution in [0.5, 0.6) is 0 Å². The third kappa shape index (κ3) is 3.17. The molecule has 0 saturated heterocycles. The number of hydrogen-bond acceptors (Lipinski definition) is 6. The summed E-state index contributed by atoms with van der Waals surface area (Å²) < 4.78 is 4.47. The average molecular weight is 254 g/mol. The maximum Gasteiger partial charge on any atom is 0.330 e. The number of carbonyl (C=O) groups is 1. The summed E-state index contributed by atoms with van der Waals surface area (Å²) in [4.78, 5) is 21.6. The summed E-state index contributed by atoms with van der Waals surface area (Å²) in [7, 11) is 1.18. The van der Waals surface area contributed by atoms with Gasteiger partial charge in [-0.05, 0) is 18.6 Å². The predicted molar refractivity (Wildman–Crippen MR) is 64.3 cm³/mol. The largest absolute Gasteiger partial charge is 0.467 e. The molecule has 1 unspecified atom stereocenters. The van der Waals surface area contributed by atoms with E-state index in [1.807, 2.05) is 0 Å². The Bertz CT molecular complexity index is 461. The third-order valence-corrected chi connectivity index (χ3v) is 2.35. The number of carbonyl (C=O) groups excluding carboxylic acids is 1. The van der Waals surface area contributed by atoms with Crippen molar-refractivity contribution in [2.75, 3.05) is 19.0 Å². The van der Waals surface area contributed by atoms with Gasteiger partial charge >= 0.3 is 5.97 Å². The lowest BCUT2D eigenvalue weighted by Crippen LogP contribution is -2.34. The zero-order valence-electron chi connectivity index (χ0n) is 10.0. The number of aryl methyl sites for hydroxylation is 1. The average Bonchev–Trinajstić information content (AvgIpc) is 2.34. The molecular formula is C11H14N2O5. The highest BCUT2D eigenvalue weighted by Gasteiger charge is 2.22. The SMILES string of the molecule is COC(=O)C(CO)Nc1cc(C)ccc1[N+](=O)[O-]. The number of rotatable bonds is 5. The number of aliphatic hydroxyl groups excluding tert-OH is 1. The summed E-state index contributed by atoms with van der Waals surface area (Å²) in [6.45, 7) is 1.25. The number of anilines is 1. The van der Waals surface area contributed by atoms with E-state index in [2.05, 4.69) is 10.1 Å². The summed E-state index contributed by atoms with van der Waals surface area (Å²) in [5.41, 5.74) is 0.803. The first kappa shape index (κ1) is 13.9. The molecule has 0 aliphatic carbocycles. The Morgan fingerprint density at radius 2 is 2.28 bits per heavy atom. The minimum Gasteiger partial charge on any atom is -0.467 e. The van der Waals surface area contributed by atoms with E-state index in [9.17, 15) is 14.9 Å². The predicted octanol–water partition coefficient (Wildman–Crippen LogP) is 0.849. The van der Waals surface area contributed by atoms with E-state index in [1.54, 1.807) is 13.0 Å². The van der Waals surface area contributed by atoms with E-state index in [0.717, 1.165) is 5.56 Å². The van der Waals surface area contributed by atoms with Crippen molar-refractivity contribution >= 4 is 17.3 Å². The number of nitro groups is 1. The first-order valence-corrected chi connectivity index (χ1v) is 5.20. The first-order valence-electron chi connectivity index (χ1n) is 5.20. The van der Waals surface area contributed by atoms with Crippen LogP contribution in [-0.4, -0.2) is 35.8 Å². The minimum absolute atomic E-state index is 0.164. The number of benzene rings is 1. The second-order valence-corrected chi connectivity index (χ2v) is 3.68. The number of esters is 1. The number of hydrogen-bond donors (Lipinski definition) is 2. The molecule has 0 aliphatic rings. The van der Waals surface area contributed by atoms with E-state index in [0.29, 0.717) is 0 Å². The lowest BCUT2D eigenvalue weighted by atomic mass is 10.1. The Hall–Kier alpha value is -2.15. The Balaban J connectivity index is 3.04. The molecule has 18 heavy (non-hydrogen) atoms. The minimum atomic E-state index is -1.03. The fraction of sp³-hybridized carbons (Fsp3) is 0.364. The molecule has 0 bridgehead atoms. The van der Waals surface area contributed by atoms with Gasteiger partial charge in [-0.25, -0.2) is 4.79 Å².